The molecule has 1 unspecified atom stereocenters. The van der Waals surface area contributed by atoms with Gasteiger partial charge in [-0.1, -0.05) is 54.6 Å². The molecular weight excluding hydrogens is 406 g/mol. The van der Waals surface area contributed by atoms with Gasteiger partial charge in [-0.2, -0.15) is 0 Å². The molecule has 4 rings (SSSR count). The number of carbonyl (C=O) groups excluding carboxylic acids is 2. The van der Waals surface area contributed by atoms with Crippen LogP contribution in [0.5, 0.6) is 5.75 Å². The first-order valence-electron chi connectivity index (χ1n) is 10.2. The Hall–Kier alpha value is -4.06. The number of benzene rings is 2. The number of hydrogen-bond acceptors (Lipinski definition) is 5. The molecule has 1 atom stereocenters. The van der Waals surface area contributed by atoms with E-state index in [0.29, 0.717) is 29.2 Å². The van der Waals surface area contributed by atoms with Crippen LogP contribution in [0.15, 0.2) is 89.6 Å². The number of carbonyl (C=O) groups is 2. The van der Waals surface area contributed by atoms with Crippen LogP contribution in [0.2, 0.25) is 0 Å². The molecule has 0 aliphatic carbocycles. The monoisotopic (exact) mass is 429 g/mol. The molecule has 6 nitrogen and oxygen atoms in total. The van der Waals surface area contributed by atoms with Crippen LogP contribution < -0.4 is 4.74 Å². The minimum Gasteiger partial charge on any atom is -0.507 e. The first-order chi connectivity index (χ1) is 15.5. The fraction of sp³-hybridized carbons (Fsp3) is 0.154. The molecule has 1 fully saturated rings. The van der Waals surface area contributed by atoms with Gasteiger partial charge >= 0.3 is 0 Å². The van der Waals surface area contributed by atoms with E-state index < -0.39 is 17.7 Å². The van der Waals surface area contributed by atoms with E-state index in [0.717, 1.165) is 5.56 Å². The summed E-state index contributed by atoms with van der Waals surface area (Å²) in [5.41, 5.74) is 2.22. The number of aliphatic hydroxyl groups excluding tert-OH is 1. The molecule has 1 aromatic heterocycles. The molecule has 0 saturated carbocycles. The Morgan fingerprint density at radius 3 is 2.47 bits per heavy atom. The SMILES string of the molecule is C=CCOc1ccc(C2/C(=C(\O)c3ccc(C)cc3)C(=O)C(=O)N2Cc2ccco2)cc1. The topological polar surface area (TPSA) is 80.0 Å². The number of Topliss-reactive ketones (excluding diaryl/α,β-unsaturated/α-hetero) is 1. The summed E-state index contributed by atoms with van der Waals surface area (Å²) < 4.78 is 10.9. The zero-order chi connectivity index (χ0) is 22.7. The van der Waals surface area contributed by atoms with Crippen molar-refractivity contribution in [2.75, 3.05) is 6.61 Å². The van der Waals surface area contributed by atoms with Crippen molar-refractivity contribution in [3.8, 4) is 5.75 Å². The van der Waals surface area contributed by atoms with E-state index >= 15 is 0 Å². The largest absolute Gasteiger partial charge is 0.507 e. The van der Waals surface area contributed by atoms with Crippen LogP contribution >= 0.6 is 0 Å². The Labute approximate surface area is 186 Å². The molecular formula is C26H23NO5. The summed E-state index contributed by atoms with van der Waals surface area (Å²) in [6.07, 6.45) is 3.16. The fourth-order valence-electron chi connectivity index (χ4n) is 3.73. The second kappa shape index (κ2) is 8.98. The number of aryl methyl sites for hydroxylation is 1. The molecule has 162 valence electrons. The molecule has 3 aromatic rings. The fourth-order valence-corrected chi connectivity index (χ4v) is 3.73. The van der Waals surface area contributed by atoms with Crippen molar-refractivity contribution in [3.63, 3.8) is 0 Å². The summed E-state index contributed by atoms with van der Waals surface area (Å²) in [6, 6.07) is 16.9. The maximum atomic E-state index is 13.0. The average molecular weight is 429 g/mol. The van der Waals surface area contributed by atoms with Gasteiger partial charge in [-0.05, 0) is 36.8 Å². The van der Waals surface area contributed by atoms with Crippen molar-refractivity contribution >= 4 is 17.4 Å². The third-order valence-electron chi connectivity index (χ3n) is 5.33. The zero-order valence-electron chi connectivity index (χ0n) is 17.7. The number of likely N-dealkylation sites (tertiary alicyclic amines) is 1. The van der Waals surface area contributed by atoms with E-state index in [1.807, 2.05) is 19.1 Å². The van der Waals surface area contributed by atoms with Gasteiger partial charge in [0, 0.05) is 5.56 Å². The number of hydrogen-bond donors (Lipinski definition) is 1. The average Bonchev–Trinajstić information content (AvgIpc) is 3.40. The lowest BCUT2D eigenvalue weighted by Gasteiger charge is -2.24. The molecule has 1 aliphatic rings. The summed E-state index contributed by atoms with van der Waals surface area (Å²) in [5.74, 6) is -0.450. The van der Waals surface area contributed by atoms with Gasteiger partial charge in [0.15, 0.2) is 0 Å². The maximum Gasteiger partial charge on any atom is 0.296 e. The molecule has 1 saturated heterocycles. The molecule has 1 aliphatic heterocycles. The van der Waals surface area contributed by atoms with Crippen molar-refractivity contribution in [3.05, 3.63) is 108 Å². The molecule has 2 aromatic carbocycles. The number of furan rings is 1. The summed E-state index contributed by atoms with van der Waals surface area (Å²) in [5, 5.41) is 11.1. The van der Waals surface area contributed by atoms with Crippen molar-refractivity contribution in [1.82, 2.24) is 4.90 Å². The first kappa shape index (κ1) is 21.2. The Morgan fingerprint density at radius 2 is 1.84 bits per heavy atom. The number of rotatable bonds is 7. The van der Waals surface area contributed by atoms with Gasteiger partial charge < -0.3 is 19.2 Å². The number of ketones is 1. The van der Waals surface area contributed by atoms with Crippen LogP contribution in [0.3, 0.4) is 0 Å². The van der Waals surface area contributed by atoms with Gasteiger partial charge in [0.2, 0.25) is 0 Å². The van der Waals surface area contributed by atoms with Gasteiger partial charge in [0.1, 0.15) is 23.9 Å². The van der Waals surface area contributed by atoms with Crippen LogP contribution in [0.25, 0.3) is 5.76 Å². The smallest absolute Gasteiger partial charge is 0.296 e. The van der Waals surface area contributed by atoms with Crippen molar-refractivity contribution in [2.45, 2.75) is 19.5 Å². The quantitative estimate of drug-likeness (QED) is 0.253. The lowest BCUT2D eigenvalue weighted by molar-refractivity contribution is -0.140. The highest BCUT2D eigenvalue weighted by Crippen LogP contribution is 2.40. The van der Waals surface area contributed by atoms with Gasteiger partial charge in [-0.3, -0.25) is 9.59 Å². The number of nitrogens with zero attached hydrogens (tertiary/aromatic N) is 1. The van der Waals surface area contributed by atoms with Crippen molar-refractivity contribution in [1.29, 1.82) is 0 Å². The normalized spacial score (nSPS) is 17.5. The highest BCUT2D eigenvalue weighted by Gasteiger charge is 2.46. The summed E-state index contributed by atoms with van der Waals surface area (Å²) >= 11 is 0. The van der Waals surface area contributed by atoms with Gasteiger partial charge in [0.25, 0.3) is 11.7 Å². The number of aliphatic hydroxyl groups is 1. The van der Waals surface area contributed by atoms with E-state index in [1.165, 1.54) is 11.2 Å². The van der Waals surface area contributed by atoms with Crippen molar-refractivity contribution in [2.24, 2.45) is 0 Å². The second-order valence-electron chi connectivity index (χ2n) is 7.54. The number of ether oxygens (including phenoxy) is 1. The molecule has 6 heteroatoms. The van der Waals surface area contributed by atoms with E-state index in [2.05, 4.69) is 6.58 Å². The molecule has 1 N–H and O–H groups in total. The Morgan fingerprint density at radius 1 is 1.12 bits per heavy atom. The Balaban J connectivity index is 1.80. The standard InChI is InChI=1S/C26H23NO5/c1-3-14-31-20-12-10-18(11-13-20)23-22(24(28)19-8-6-17(2)7-9-19)25(29)26(30)27(23)16-21-5-4-15-32-21/h3-13,15,23,28H,1,14,16H2,2H3/b24-22+. The predicted molar refractivity (Wildman–Crippen MR) is 120 cm³/mol. The Bertz CT molecular complexity index is 1160. The number of amides is 1. The zero-order valence-corrected chi connectivity index (χ0v) is 17.7. The van der Waals surface area contributed by atoms with Gasteiger partial charge in [-0.25, -0.2) is 0 Å². The van der Waals surface area contributed by atoms with E-state index in [4.69, 9.17) is 9.15 Å². The second-order valence-corrected chi connectivity index (χ2v) is 7.54. The van der Waals surface area contributed by atoms with Crippen LogP contribution in [0, 0.1) is 6.92 Å². The lowest BCUT2D eigenvalue weighted by atomic mass is 9.95. The van der Waals surface area contributed by atoms with Gasteiger partial charge in [-0.15, -0.1) is 0 Å². The summed E-state index contributed by atoms with van der Waals surface area (Å²) in [7, 11) is 0. The van der Waals surface area contributed by atoms with Crippen LogP contribution in [0.1, 0.15) is 28.5 Å². The molecule has 0 bridgehead atoms. The molecule has 1 amide bonds. The predicted octanol–water partition coefficient (Wildman–Crippen LogP) is 4.77. The van der Waals surface area contributed by atoms with Gasteiger partial charge in [0.05, 0.1) is 24.4 Å². The molecule has 0 spiro atoms. The Kier molecular flexibility index (Phi) is 5.94. The highest BCUT2D eigenvalue weighted by atomic mass is 16.5. The minimum absolute atomic E-state index is 0.0465. The third kappa shape index (κ3) is 4.07. The van der Waals surface area contributed by atoms with Crippen LogP contribution in [0.4, 0.5) is 0 Å². The van der Waals surface area contributed by atoms with E-state index in [9.17, 15) is 14.7 Å². The molecule has 32 heavy (non-hydrogen) atoms. The molecule has 0 radical (unpaired) electrons. The van der Waals surface area contributed by atoms with E-state index in [-0.39, 0.29) is 17.9 Å². The summed E-state index contributed by atoms with van der Waals surface area (Å²) in [4.78, 5) is 27.4. The maximum absolute atomic E-state index is 13.0. The first-order valence-corrected chi connectivity index (χ1v) is 10.2. The third-order valence-corrected chi connectivity index (χ3v) is 5.33. The highest BCUT2D eigenvalue weighted by molar-refractivity contribution is 6.46. The van der Waals surface area contributed by atoms with Crippen LogP contribution in [-0.2, 0) is 16.1 Å². The van der Waals surface area contributed by atoms with Crippen LogP contribution in [-0.4, -0.2) is 28.3 Å². The lowest BCUT2D eigenvalue weighted by Crippen LogP contribution is -2.29. The van der Waals surface area contributed by atoms with Crippen molar-refractivity contribution < 1.29 is 23.8 Å². The summed E-state index contributed by atoms with van der Waals surface area (Å²) in [6.45, 7) is 6.03. The van der Waals surface area contributed by atoms with E-state index in [1.54, 1.807) is 54.6 Å². The molecule has 2 heterocycles. The minimum atomic E-state index is -0.769.